The van der Waals surface area contributed by atoms with Crippen LogP contribution < -0.4 is 11.1 Å². The molecule has 2 aromatic rings. The monoisotopic (exact) mass is 459 g/mol. The summed E-state index contributed by atoms with van der Waals surface area (Å²) in [6.07, 6.45) is -5.63. The zero-order valence-corrected chi connectivity index (χ0v) is 16.7. The van der Waals surface area contributed by atoms with Gasteiger partial charge in [-0.15, -0.1) is 0 Å². The third-order valence-electron chi connectivity index (χ3n) is 5.67. The van der Waals surface area contributed by atoms with E-state index >= 15 is 0 Å². The van der Waals surface area contributed by atoms with Crippen LogP contribution in [0.4, 0.5) is 27.6 Å². The van der Waals surface area contributed by atoms with Crippen molar-refractivity contribution < 1.29 is 41.4 Å². The van der Waals surface area contributed by atoms with Crippen LogP contribution in [0.1, 0.15) is 35.8 Å². The molecule has 172 valence electrons. The first-order valence-corrected chi connectivity index (χ1v) is 9.26. The normalized spacial score (nSPS) is 25.5. The molecule has 0 saturated carbocycles. The molecule has 1 saturated heterocycles. The number of ether oxygens (including phenoxy) is 1. The van der Waals surface area contributed by atoms with Crippen LogP contribution in [0.5, 0.6) is 5.75 Å². The Morgan fingerprint density at radius 1 is 1.25 bits per heavy atom. The first-order chi connectivity index (χ1) is 14.8. The maximum Gasteiger partial charge on any atom is 0.417 e. The fourth-order valence-corrected chi connectivity index (χ4v) is 3.70. The molecule has 0 spiro atoms. The van der Waals surface area contributed by atoms with E-state index in [0.29, 0.717) is 6.07 Å². The molecule has 1 aromatic heterocycles. The Kier molecular flexibility index (Phi) is 5.85. The molecule has 1 fully saturated rings. The van der Waals surface area contributed by atoms with Gasteiger partial charge in [-0.2, -0.15) is 17.6 Å². The van der Waals surface area contributed by atoms with Crippen LogP contribution in [0.2, 0.25) is 0 Å². The topological polar surface area (TPSA) is 115 Å². The van der Waals surface area contributed by atoms with E-state index in [1.54, 1.807) is 0 Å². The van der Waals surface area contributed by atoms with Gasteiger partial charge in [0.2, 0.25) is 5.82 Å². The van der Waals surface area contributed by atoms with Gasteiger partial charge in [0.15, 0.2) is 17.2 Å². The Hall–Kier alpha value is -3.28. The molecule has 3 rings (SSSR count). The highest BCUT2D eigenvalue weighted by Crippen LogP contribution is 2.54. The summed E-state index contributed by atoms with van der Waals surface area (Å²) in [5.74, 6) is -9.22. The van der Waals surface area contributed by atoms with Gasteiger partial charge >= 0.3 is 6.18 Å². The molecule has 0 aliphatic carbocycles. The van der Waals surface area contributed by atoms with Crippen LogP contribution in [0.15, 0.2) is 30.5 Å². The highest BCUT2D eigenvalue weighted by Gasteiger charge is 2.65. The number of aromatic hydroxyl groups is 1. The number of benzene rings is 1. The zero-order chi connectivity index (χ0) is 24.0. The quantitative estimate of drug-likeness (QED) is 0.608. The number of alkyl halides is 3. The summed E-state index contributed by atoms with van der Waals surface area (Å²) in [6.45, 7) is 1.86. The average Bonchev–Trinajstić information content (AvgIpc) is 2.99. The number of primary amides is 1. The summed E-state index contributed by atoms with van der Waals surface area (Å²) in [6, 6.07) is 3.90. The van der Waals surface area contributed by atoms with E-state index in [2.05, 4.69) is 10.3 Å². The number of anilines is 1. The summed E-state index contributed by atoms with van der Waals surface area (Å²) in [5, 5.41) is 12.4. The van der Waals surface area contributed by atoms with Gasteiger partial charge in [0.1, 0.15) is 11.8 Å². The number of hydrogen-bond acceptors (Lipinski definition) is 5. The number of pyridine rings is 1. The van der Waals surface area contributed by atoms with E-state index in [0.717, 1.165) is 32.2 Å². The van der Waals surface area contributed by atoms with Crippen molar-refractivity contribution in [2.75, 3.05) is 5.32 Å². The molecule has 7 nitrogen and oxygen atoms in total. The molecular weight excluding hydrogens is 441 g/mol. The van der Waals surface area contributed by atoms with Crippen molar-refractivity contribution in [2.24, 2.45) is 11.7 Å². The van der Waals surface area contributed by atoms with E-state index < -0.39 is 64.5 Å². The van der Waals surface area contributed by atoms with Gasteiger partial charge in [0.05, 0.1) is 0 Å². The van der Waals surface area contributed by atoms with Crippen LogP contribution in [0.3, 0.4) is 0 Å². The lowest BCUT2D eigenvalue weighted by atomic mass is 9.77. The molecule has 1 aromatic carbocycles. The number of hydrogen-bond donors (Lipinski definition) is 3. The molecule has 4 atom stereocenters. The van der Waals surface area contributed by atoms with E-state index in [4.69, 9.17) is 10.5 Å². The Morgan fingerprint density at radius 2 is 1.91 bits per heavy atom. The van der Waals surface area contributed by atoms with Gasteiger partial charge in [-0.05, 0) is 25.1 Å². The lowest BCUT2D eigenvalue weighted by molar-refractivity contribution is -0.272. The van der Waals surface area contributed by atoms with Crippen molar-refractivity contribution in [1.29, 1.82) is 0 Å². The minimum atomic E-state index is -4.93. The first kappa shape index (κ1) is 23.4. The van der Waals surface area contributed by atoms with Crippen molar-refractivity contribution >= 4 is 17.5 Å². The van der Waals surface area contributed by atoms with Crippen molar-refractivity contribution in [3.63, 3.8) is 0 Å². The molecule has 0 bridgehead atoms. The Morgan fingerprint density at radius 3 is 2.50 bits per heavy atom. The van der Waals surface area contributed by atoms with Crippen molar-refractivity contribution in [1.82, 2.24) is 4.98 Å². The van der Waals surface area contributed by atoms with E-state index in [-0.39, 0.29) is 11.4 Å². The number of nitrogens with two attached hydrogens (primary N) is 1. The number of nitrogens with one attached hydrogen (secondary N) is 1. The van der Waals surface area contributed by atoms with Crippen molar-refractivity contribution in [2.45, 2.75) is 37.6 Å². The number of rotatable bonds is 4. The number of carbonyl (C=O) groups excluding carboxylic acids is 2. The van der Waals surface area contributed by atoms with Crippen LogP contribution in [0.25, 0.3) is 0 Å². The van der Waals surface area contributed by atoms with Crippen molar-refractivity contribution in [3.05, 3.63) is 53.4 Å². The molecule has 4 N–H and O–H groups in total. The summed E-state index contributed by atoms with van der Waals surface area (Å²) >= 11 is 0. The lowest BCUT2D eigenvalue weighted by Gasteiger charge is -2.31. The van der Waals surface area contributed by atoms with Crippen LogP contribution in [-0.2, 0) is 9.53 Å². The molecule has 32 heavy (non-hydrogen) atoms. The van der Waals surface area contributed by atoms with Crippen LogP contribution in [0, 0.1) is 17.6 Å². The van der Waals surface area contributed by atoms with Gasteiger partial charge < -0.3 is 20.9 Å². The number of carbonyl (C=O) groups is 2. The van der Waals surface area contributed by atoms with E-state index in [1.807, 2.05) is 0 Å². The molecular formula is C20H18F5N3O4. The minimum absolute atomic E-state index is 0.0103. The second kappa shape index (κ2) is 8.01. The predicted octanol–water partition coefficient (Wildman–Crippen LogP) is 3.24. The number of phenolic OH excluding ortho intramolecular Hbond substituents is 1. The maximum atomic E-state index is 14.0. The second-order valence-electron chi connectivity index (χ2n) is 7.54. The third kappa shape index (κ3) is 3.85. The SMILES string of the molecule is C[C@H]1[C@@H](c2ccc(F)c(F)c2O)[C@H](C(=O)Nc2ccnc(C(N)=O)c2)O[C@]1(C)C(F)(F)F. The summed E-state index contributed by atoms with van der Waals surface area (Å²) < 4.78 is 74.0. The van der Waals surface area contributed by atoms with Crippen molar-refractivity contribution in [3.8, 4) is 5.75 Å². The number of halogens is 5. The fraction of sp³-hybridized carbons (Fsp3) is 0.350. The number of phenols is 1. The number of aromatic nitrogens is 1. The van der Waals surface area contributed by atoms with Crippen LogP contribution in [-0.4, -0.2) is 39.8 Å². The summed E-state index contributed by atoms with van der Waals surface area (Å²) in [5.41, 5.74) is 1.64. The molecule has 0 radical (unpaired) electrons. The number of nitrogens with zero attached hydrogens (tertiary/aromatic N) is 1. The second-order valence-corrected chi connectivity index (χ2v) is 7.54. The predicted molar refractivity (Wildman–Crippen MR) is 101 cm³/mol. The smallest absolute Gasteiger partial charge is 0.417 e. The first-order valence-electron chi connectivity index (χ1n) is 9.26. The molecule has 12 heteroatoms. The van der Waals surface area contributed by atoms with Gasteiger partial charge in [-0.1, -0.05) is 13.0 Å². The fourth-order valence-electron chi connectivity index (χ4n) is 3.70. The molecule has 1 aliphatic heterocycles. The van der Waals surface area contributed by atoms with Gasteiger partial charge in [-0.25, -0.2) is 4.39 Å². The van der Waals surface area contributed by atoms with E-state index in [1.165, 1.54) is 6.07 Å². The largest absolute Gasteiger partial charge is 0.505 e. The Balaban J connectivity index is 2.05. The molecule has 0 unspecified atom stereocenters. The number of amides is 2. The summed E-state index contributed by atoms with van der Waals surface area (Å²) in [4.78, 5) is 27.9. The minimum Gasteiger partial charge on any atom is -0.505 e. The average molecular weight is 459 g/mol. The molecule has 2 amide bonds. The van der Waals surface area contributed by atoms with Gasteiger partial charge in [0, 0.05) is 29.3 Å². The van der Waals surface area contributed by atoms with Crippen LogP contribution >= 0.6 is 0 Å². The van der Waals surface area contributed by atoms with Gasteiger partial charge in [0.25, 0.3) is 11.8 Å². The summed E-state index contributed by atoms with van der Waals surface area (Å²) in [7, 11) is 0. The lowest BCUT2D eigenvalue weighted by Crippen LogP contribution is -2.47. The maximum absolute atomic E-state index is 14.0. The highest BCUT2D eigenvalue weighted by molar-refractivity contribution is 5.97. The third-order valence-corrected chi connectivity index (χ3v) is 5.67. The molecule has 1 aliphatic rings. The standard InChI is InChI=1S/C20H18F5N3O4/c1-8-13(10-3-4-11(21)14(22)15(10)29)16(32-19(8,2)20(23,24)25)18(31)28-9-5-6-27-12(7-9)17(26)30/h3-8,13,16,29H,1-2H3,(H2,26,30)(H,27,28,31)/t8-,13-,16+,19-/m0/s1. The highest BCUT2D eigenvalue weighted by atomic mass is 19.4. The Labute approximate surface area is 178 Å². The van der Waals surface area contributed by atoms with Gasteiger partial charge in [-0.3, -0.25) is 14.6 Å². The zero-order valence-electron chi connectivity index (χ0n) is 16.7. The Bertz CT molecular complexity index is 1080. The van der Waals surface area contributed by atoms with E-state index in [9.17, 15) is 36.6 Å². The molecule has 2 heterocycles.